The van der Waals surface area contributed by atoms with Crippen LogP contribution in [0.4, 0.5) is 0 Å². The van der Waals surface area contributed by atoms with E-state index < -0.39 is 6.69 Å². The molecule has 0 radical (unpaired) electrons. The van der Waals surface area contributed by atoms with Gasteiger partial charge in [-0.1, -0.05) is 6.42 Å². The highest BCUT2D eigenvalue weighted by molar-refractivity contribution is 7.44. The summed E-state index contributed by atoms with van der Waals surface area (Å²) < 4.78 is 0. The fourth-order valence-electron chi connectivity index (χ4n) is 0.639. The summed E-state index contributed by atoms with van der Waals surface area (Å²) in [4.78, 5) is 0. The van der Waals surface area contributed by atoms with Crippen molar-refractivity contribution in [3.63, 3.8) is 0 Å². The maximum absolute atomic E-state index is 8.19. The van der Waals surface area contributed by atoms with Crippen LogP contribution in [0.25, 0.3) is 0 Å². The monoisotopic (exact) mass is 195 g/mol. The Hall–Kier alpha value is 0.287. The Morgan fingerprint density at radius 3 is 2.40 bits per heavy atom. The maximum atomic E-state index is 8.19. The molecular formula is C6H11Cl2NSi. The lowest BCUT2D eigenvalue weighted by Gasteiger charge is -2.07. The first-order valence-electron chi connectivity index (χ1n) is 3.31. The zero-order valence-corrected chi connectivity index (χ0v) is 8.54. The molecule has 0 unspecified atom stereocenters. The van der Waals surface area contributed by atoms with E-state index in [4.69, 9.17) is 27.4 Å². The average Bonchev–Trinajstić information content (AvgIpc) is 1.78. The molecule has 0 aliphatic rings. The summed E-state index contributed by atoms with van der Waals surface area (Å²) in [7, 11) is 0. The second-order valence-corrected chi connectivity index (χ2v) is 10.7. The van der Waals surface area contributed by atoms with E-state index in [1.165, 1.54) is 0 Å². The number of hydrogen-bond donors (Lipinski definition) is 0. The van der Waals surface area contributed by atoms with Gasteiger partial charge in [-0.2, -0.15) is 5.26 Å². The number of hydrogen-bond acceptors (Lipinski definition) is 1. The van der Waals surface area contributed by atoms with Crippen molar-refractivity contribution >= 4 is 28.9 Å². The summed E-state index contributed by atoms with van der Waals surface area (Å²) in [5, 5.41) is 8.19. The van der Waals surface area contributed by atoms with Gasteiger partial charge in [0, 0.05) is 6.42 Å². The smallest absolute Gasteiger partial charge is 0.198 e. The van der Waals surface area contributed by atoms with E-state index >= 15 is 0 Å². The number of nitriles is 1. The highest BCUT2D eigenvalue weighted by Gasteiger charge is 2.19. The van der Waals surface area contributed by atoms with E-state index in [0.717, 1.165) is 18.9 Å². The lowest BCUT2D eigenvalue weighted by Crippen LogP contribution is -2.11. The molecule has 0 spiro atoms. The molecule has 0 atom stereocenters. The minimum Gasteiger partial charge on any atom is -0.198 e. The van der Waals surface area contributed by atoms with Gasteiger partial charge in [0.2, 0.25) is 6.69 Å². The molecule has 0 bridgehead atoms. The number of halogens is 2. The van der Waals surface area contributed by atoms with Crippen molar-refractivity contribution in [3.05, 3.63) is 0 Å². The molecule has 10 heavy (non-hydrogen) atoms. The van der Waals surface area contributed by atoms with E-state index in [9.17, 15) is 0 Å². The molecule has 4 heteroatoms. The van der Waals surface area contributed by atoms with Crippen LogP contribution in [0.15, 0.2) is 0 Å². The van der Waals surface area contributed by atoms with E-state index in [1.54, 1.807) is 0 Å². The standard InChI is InChI=1S/C6H11Cl2NSi/c1-10(7,8)6-4-2-3-5-9/h2-4,6H2,1H3. The lowest BCUT2D eigenvalue weighted by molar-refractivity contribution is 0.815. The first-order valence-corrected chi connectivity index (χ1v) is 8.04. The number of nitrogens with zero attached hydrogens (tertiary/aromatic N) is 1. The molecule has 0 aromatic carbocycles. The predicted molar refractivity (Wildman–Crippen MR) is 47.6 cm³/mol. The molecule has 0 aromatic rings. The lowest BCUT2D eigenvalue weighted by atomic mass is 10.3. The summed E-state index contributed by atoms with van der Waals surface area (Å²) in [6.07, 6.45) is 2.54. The predicted octanol–water partition coefficient (Wildman–Crippen LogP) is 3.23. The summed E-state index contributed by atoms with van der Waals surface area (Å²) in [6.45, 7) is 0.0331. The minimum absolute atomic E-state index is 0.623. The molecule has 0 rings (SSSR count). The average molecular weight is 196 g/mol. The Kier molecular flexibility index (Phi) is 5.15. The third-order valence-electron chi connectivity index (χ3n) is 1.15. The second-order valence-electron chi connectivity index (χ2n) is 2.44. The molecule has 0 fully saturated rings. The molecule has 0 saturated carbocycles. The van der Waals surface area contributed by atoms with Crippen LogP contribution in [-0.4, -0.2) is 6.69 Å². The van der Waals surface area contributed by atoms with Gasteiger partial charge in [0.05, 0.1) is 6.07 Å². The Bertz CT molecular complexity index is 125. The highest BCUT2D eigenvalue weighted by atomic mass is 35.7. The van der Waals surface area contributed by atoms with Gasteiger partial charge < -0.3 is 0 Å². The van der Waals surface area contributed by atoms with Crippen LogP contribution in [0, 0.1) is 11.3 Å². The third-order valence-corrected chi connectivity index (χ3v) is 3.52. The van der Waals surface area contributed by atoms with Crippen molar-refractivity contribution in [1.29, 1.82) is 5.26 Å². The Morgan fingerprint density at radius 1 is 1.40 bits per heavy atom. The molecule has 0 aliphatic heterocycles. The summed E-state index contributed by atoms with van der Waals surface area (Å²) in [5.74, 6) is 0. The first kappa shape index (κ1) is 10.3. The Morgan fingerprint density at radius 2 is 2.00 bits per heavy atom. The van der Waals surface area contributed by atoms with Crippen LogP contribution in [0.5, 0.6) is 0 Å². The van der Waals surface area contributed by atoms with Crippen molar-refractivity contribution in [2.75, 3.05) is 0 Å². The van der Waals surface area contributed by atoms with Crippen LogP contribution >= 0.6 is 22.2 Å². The Labute approximate surface area is 72.4 Å². The zero-order chi connectivity index (χ0) is 8.04. The molecule has 0 saturated heterocycles. The van der Waals surface area contributed by atoms with Crippen molar-refractivity contribution in [3.8, 4) is 6.07 Å². The van der Waals surface area contributed by atoms with E-state index in [2.05, 4.69) is 6.07 Å². The molecule has 1 nitrogen and oxygen atoms in total. The summed E-state index contributed by atoms with van der Waals surface area (Å²) in [5.41, 5.74) is 0. The van der Waals surface area contributed by atoms with Gasteiger partial charge in [-0.3, -0.25) is 0 Å². The van der Waals surface area contributed by atoms with E-state index in [1.807, 2.05) is 6.55 Å². The largest absolute Gasteiger partial charge is 0.248 e. The quantitative estimate of drug-likeness (QED) is 0.384. The third kappa shape index (κ3) is 8.29. The second kappa shape index (κ2) is 5.01. The van der Waals surface area contributed by atoms with Gasteiger partial charge in [0.15, 0.2) is 0 Å². The Balaban J connectivity index is 3.14. The van der Waals surface area contributed by atoms with Gasteiger partial charge in [-0.05, 0) is 19.0 Å². The van der Waals surface area contributed by atoms with Crippen LogP contribution in [0.3, 0.4) is 0 Å². The minimum atomic E-state index is -1.87. The molecule has 58 valence electrons. The van der Waals surface area contributed by atoms with Gasteiger partial charge in [-0.25, -0.2) is 0 Å². The van der Waals surface area contributed by atoms with Crippen molar-refractivity contribution < 1.29 is 0 Å². The van der Waals surface area contributed by atoms with Crippen molar-refractivity contribution in [1.82, 2.24) is 0 Å². The highest BCUT2D eigenvalue weighted by Crippen LogP contribution is 2.22. The molecule has 0 aliphatic carbocycles. The van der Waals surface area contributed by atoms with Gasteiger partial charge in [0.1, 0.15) is 0 Å². The normalized spacial score (nSPS) is 11.0. The van der Waals surface area contributed by atoms with Crippen LogP contribution < -0.4 is 0 Å². The van der Waals surface area contributed by atoms with E-state index in [0.29, 0.717) is 6.42 Å². The molecule has 0 amide bonds. The van der Waals surface area contributed by atoms with Crippen molar-refractivity contribution in [2.45, 2.75) is 31.9 Å². The first-order chi connectivity index (χ1) is 4.56. The summed E-state index contributed by atoms with van der Waals surface area (Å²) >= 11 is 11.7. The topological polar surface area (TPSA) is 23.8 Å². The van der Waals surface area contributed by atoms with Crippen LogP contribution in [0.1, 0.15) is 19.3 Å². The van der Waals surface area contributed by atoms with Gasteiger partial charge in [0.25, 0.3) is 0 Å². The number of rotatable bonds is 4. The van der Waals surface area contributed by atoms with Gasteiger partial charge in [-0.15, -0.1) is 22.2 Å². The fourth-order valence-corrected chi connectivity index (χ4v) is 2.31. The number of unbranched alkanes of at least 4 members (excludes halogenated alkanes) is 2. The SMILES string of the molecule is C[Si](Cl)(Cl)CCCCC#N. The van der Waals surface area contributed by atoms with Gasteiger partial charge >= 0.3 is 0 Å². The molecular weight excluding hydrogens is 185 g/mol. The molecule has 0 aromatic heterocycles. The van der Waals surface area contributed by atoms with E-state index in [-0.39, 0.29) is 0 Å². The molecule has 0 N–H and O–H groups in total. The van der Waals surface area contributed by atoms with Crippen LogP contribution in [0.2, 0.25) is 12.6 Å². The fraction of sp³-hybridized carbons (Fsp3) is 0.833. The van der Waals surface area contributed by atoms with Crippen molar-refractivity contribution in [2.24, 2.45) is 0 Å². The maximum Gasteiger partial charge on any atom is 0.248 e. The molecule has 0 heterocycles. The van der Waals surface area contributed by atoms with Crippen LogP contribution in [-0.2, 0) is 0 Å². The zero-order valence-electron chi connectivity index (χ0n) is 6.03. The summed E-state index contributed by atoms with van der Waals surface area (Å²) in [6, 6.07) is 2.98.